The third kappa shape index (κ3) is 12.9. The maximum Gasteiger partial charge on any atom is 1.00 e. The van der Waals surface area contributed by atoms with E-state index in [-0.39, 0.29) is 92.4 Å². The van der Waals surface area contributed by atoms with Crippen LogP contribution in [0, 0.1) is 0 Å². The summed E-state index contributed by atoms with van der Waals surface area (Å²) in [5.41, 5.74) is 11.4. The predicted octanol–water partition coefficient (Wildman–Crippen LogP) is 3.55. The number of aliphatic carboxylic acids is 1. The number of nitrogens with two attached hydrogens (primary N) is 2. The van der Waals surface area contributed by atoms with Crippen LogP contribution in [0.25, 0.3) is 0 Å². The Morgan fingerprint density at radius 1 is 0.640 bits per heavy atom. The number of carboxylic acid groups (broad SMARTS) is 1. The van der Waals surface area contributed by atoms with Crippen molar-refractivity contribution in [1.29, 1.82) is 0 Å². The Labute approximate surface area is 362 Å². The van der Waals surface area contributed by atoms with Crippen LogP contribution in [-0.4, -0.2) is 60.7 Å². The summed E-state index contributed by atoms with van der Waals surface area (Å²) in [5.74, 6) is -1.08. The number of anilines is 2. The van der Waals surface area contributed by atoms with Crippen molar-refractivity contribution in [1.82, 2.24) is 0 Å². The molecule has 0 atom stereocenters. The van der Waals surface area contributed by atoms with Crippen LogP contribution >= 0.6 is 39.1 Å². The molecule has 0 aromatic heterocycles. The summed E-state index contributed by atoms with van der Waals surface area (Å²) < 4.78 is 36.5. The van der Waals surface area contributed by atoms with Crippen molar-refractivity contribution in [3.8, 4) is 0 Å². The number of benzene rings is 2. The largest absolute Gasteiger partial charge is 1.00 e. The summed E-state index contributed by atoms with van der Waals surface area (Å²) >= 11 is 14.8. The SMILES string of the molecule is C.CC(=O)[O-].CC1(C)OB(B2OC(C)(C)C(C)(C)O2)OC1(C)C.CC1(C)OB(c2cc(Cl)ccc2N)OC1(C)C.Nc1ccc(Cl)cc1Br.[K+]. The summed E-state index contributed by atoms with van der Waals surface area (Å²) in [4.78, 5) is 8.89. The van der Waals surface area contributed by atoms with E-state index < -0.39 is 27.1 Å². The number of rotatable bonds is 2. The monoisotopic (exact) mass is 826 g/mol. The number of carboxylic acids is 1. The van der Waals surface area contributed by atoms with Gasteiger partial charge in [-0.15, -0.1) is 0 Å². The Hall–Kier alpha value is 0.161. The van der Waals surface area contributed by atoms with E-state index in [4.69, 9.17) is 72.5 Å². The standard InChI is InChI=1S/C12H24B2O4.C12H17BClNO2.C6H5BrClN.C2H4O2.CH4.K/c1-9(2)10(3,4)16-13(15-9)14-17-11(5,6)12(7,8)18-14;1-11(2)12(3,4)17-13(16-11)9-7-8(14)5-6-10(9)15;7-5-3-4(8)1-2-6(5)9;1-2(3)4;;/h1-8H3;5-7H,15H2,1-4H3;1-3H,9H2;1H3,(H,3,4);1H4;/q;;;;;+1/p-1. The summed E-state index contributed by atoms with van der Waals surface area (Å²) in [6.07, 6.45) is 0. The van der Waals surface area contributed by atoms with Crippen molar-refractivity contribution in [3.05, 3.63) is 50.9 Å². The molecule has 2 aromatic rings. The fourth-order valence-electron chi connectivity index (χ4n) is 4.22. The van der Waals surface area contributed by atoms with Crippen LogP contribution < -0.4 is 73.4 Å². The van der Waals surface area contributed by atoms with Crippen molar-refractivity contribution >= 4 is 83.1 Å². The third-order valence-corrected chi connectivity index (χ3v) is 10.4. The molecule has 3 aliphatic rings. The molecule has 3 aliphatic heterocycles. The van der Waals surface area contributed by atoms with Gasteiger partial charge in [0.05, 0.1) is 33.6 Å². The minimum Gasteiger partial charge on any atom is -0.550 e. The summed E-state index contributed by atoms with van der Waals surface area (Å²) in [6, 6.07) is 10.6. The third-order valence-electron chi connectivity index (χ3n) is 9.28. The van der Waals surface area contributed by atoms with Gasteiger partial charge >= 0.3 is 72.5 Å². The van der Waals surface area contributed by atoms with E-state index in [0.29, 0.717) is 21.4 Å². The van der Waals surface area contributed by atoms with Gasteiger partial charge in [0.2, 0.25) is 0 Å². The quantitative estimate of drug-likeness (QED) is 0.341. The smallest absolute Gasteiger partial charge is 0.550 e. The number of carbonyl (C=O) groups is 1. The van der Waals surface area contributed by atoms with Gasteiger partial charge in [0.1, 0.15) is 0 Å². The van der Waals surface area contributed by atoms with Crippen LogP contribution in [-0.2, 0) is 32.7 Å². The van der Waals surface area contributed by atoms with Gasteiger partial charge in [0.25, 0.3) is 0 Å². The molecular weight excluding hydrogens is 775 g/mol. The zero-order chi connectivity index (χ0) is 37.3. The van der Waals surface area contributed by atoms with E-state index >= 15 is 0 Å². The molecule has 17 heteroatoms. The van der Waals surface area contributed by atoms with Gasteiger partial charge in [-0.3, -0.25) is 0 Å². The molecule has 0 amide bonds. The van der Waals surface area contributed by atoms with Crippen LogP contribution in [0.1, 0.15) is 97.4 Å². The Bertz CT molecular complexity index is 1370. The normalized spacial score (nSPS) is 21.2. The molecule has 0 unspecified atom stereocenters. The van der Waals surface area contributed by atoms with E-state index in [1.165, 1.54) is 0 Å². The molecule has 2 aromatic carbocycles. The van der Waals surface area contributed by atoms with Crippen molar-refractivity contribution in [2.75, 3.05) is 11.5 Å². The van der Waals surface area contributed by atoms with Gasteiger partial charge in [-0.05, 0) is 142 Å². The minimum atomic E-state index is -1.08. The fraction of sp³-hybridized carbons (Fsp3) is 0.606. The summed E-state index contributed by atoms with van der Waals surface area (Å²) in [5, 5.41) is 10.2. The fourth-order valence-corrected chi connectivity index (χ4v) is 5.08. The van der Waals surface area contributed by atoms with E-state index in [1.54, 1.807) is 36.4 Å². The Morgan fingerprint density at radius 2 is 0.920 bits per heavy atom. The van der Waals surface area contributed by atoms with Crippen LogP contribution in [0.3, 0.4) is 0 Å². The van der Waals surface area contributed by atoms with Crippen LogP contribution in [0.5, 0.6) is 0 Å². The Kier molecular flexibility index (Phi) is 18.7. The van der Waals surface area contributed by atoms with Crippen molar-refractivity contribution in [2.24, 2.45) is 0 Å². The maximum absolute atomic E-state index is 8.89. The minimum absolute atomic E-state index is 0. The average Bonchev–Trinajstić information content (AvgIpc) is 3.37. The topological polar surface area (TPSA) is 148 Å². The molecule has 0 bridgehead atoms. The first-order valence-electron chi connectivity index (χ1n) is 15.5. The molecular formula is C33H53B3BrCl2KN2O8. The van der Waals surface area contributed by atoms with Crippen molar-refractivity contribution < 1.29 is 89.2 Å². The molecule has 0 saturated carbocycles. The van der Waals surface area contributed by atoms with Gasteiger partial charge in [-0.25, -0.2) is 0 Å². The molecule has 5 rings (SSSR count). The van der Waals surface area contributed by atoms with Crippen molar-refractivity contribution in [2.45, 2.75) is 131 Å². The van der Waals surface area contributed by atoms with Crippen molar-refractivity contribution in [3.63, 3.8) is 0 Å². The second-order valence-electron chi connectivity index (χ2n) is 14.8. The van der Waals surface area contributed by atoms with E-state index in [1.807, 2.05) is 83.1 Å². The number of halogens is 3. The summed E-state index contributed by atoms with van der Waals surface area (Å²) in [6.45, 7) is 25.2. The molecule has 0 aliphatic carbocycles. The Balaban J connectivity index is 0.000000698. The second kappa shape index (κ2) is 18.7. The molecule has 274 valence electrons. The molecule has 0 spiro atoms. The summed E-state index contributed by atoms with van der Waals surface area (Å²) in [7, 11) is -1.41. The maximum atomic E-state index is 8.89. The number of hydrogen-bond donors (Lipinski definition) is 2. The molecule has 4 N–H and O–H groups in total. The zero-order valence-corrected chi connectivity index (χ0v) is 37.5. The molecule has 10 nitrogen and oxygen atoms in total. The van der Waals surface area contributed by atoms with Gasteiger partial charge in [0, 0.05) is 37.3 Å². The molecule has 3 fully saturated rings. The molecule has 3 saturated heterocycles. The second-order valence-corrected chi connectivity index (χ2v) is 16.5. The molecule has 0 radical (unpaired) electrons. The van der Waals surface area contributed by atoms with Crippen LogP contribution in [0.2, 0.25) is 10.0 Å². The van der Waals surface area contributed by atoms with E-state index in [9.17, 15) is 0 Å². The van der Waals surface area contributed by atoms with Crippen LogP contribution in [0.4, 0.5) is 11.4 Å². The Morgan fingerprint density at radius 3 is 1.22 bits per heavy atom. The first kappa shape index (κ1) is 50.2. The number of carbonyl (C=O) groups excluding carboxylic acids is 1. The van der Waals surface area contributed by atoms with E-state index in [2.05, 4.69) is 15.9 Å². The van der Waals surface area contributed by atoms with Gasteiger partial charge < -0.3 is 49.3 Å². The average molecular weight is 828 g/mol. The van der Waals surface area contributed by atoms with Gasteiger partial charge in [0.15, 0.2) is 0 Å². The first-order chi connectivity index (χ1) is 21.5. The number of hydrogen-bond acceptors (Lipinski definition) is 10. The van der Waals surface area contributed by atoms with Crippen LogP contribution in [0.15, 0.2) is 40.9 Å². The predicted molar refractivity (Wildman–Crippen MR) is 205 cm³/mol. The first-order valence-corrected chi connectivity index (χ1v) is 17.1. The van der Waals surface area contributed by atoms with E-state index in [0.717, 1.165) is 16.9 Å². The molecule has 50 heavy (non-hydrogen) atoms. The van der Waals surface area contributed by atoms with Gasteiger partial charge in [-0.1, -0.05) is 30.6 Å². The number of nitrogen functional groups attached to an aromatic ring is 2. The van der Waals surface area contributed by atoms with Gasteiger partial charge in [-0.2, -0.15) is 0 Å². The zero-order valence-electron chi connectivity index (χ0n) is 31.3. The molecule has 3 heterocycles.